The van der Waals surface area contributed by atoms with Crippen molar-refractivity contribution in [1.29, 1.82) is 0 Å². The van der Waals surface area contributed by atoms with Gasteiger partial charge in [0.1, 0.15) is 6.04 Å². The highest BCUT2D eigenvalue weighted by molar-refractivity contribution is 5.98. The van der Waals surface area contributed by atoms with E-state index in [4.69, 9.17) is 0 Å². The van der Waals surface area contributed by atoms with Gasteiger partial charge in [-0.05, 0) is 60.9 Å². The zero-order chi connectivity index (χ0) is 25.5. The average molecular weight is 492 g/mol. The number of carbonyl (C=O) groups is 2. The van der Waals surface area contributed by atoms with E-state index in [0.717, 1.165) is 61.3 Å². The molecule has 1 atom stereocenters. The summed E-state index contributed by atoms with van der Waals surface area (Å²) in [6.07, 6.45) is 3.86. The Morgan fingerprint density at radius 2 is 1.94 bits per heavy atom. The molecule has 1 amide bonds. The number of para-hydroxylation sites is 1. The molecule has 2 aromatic rings. The first-order chi connectivity index (χ1) is 17.4. The molecule has 0 radical (unpaired) electrons. The summed E-state index contributed by atoms with van der Waals surface area (Å²) in [7, 11) is 0. The molecule has 1 fully saturated rings. The predicted octanol–water partition coefficient (Wildman–Crippen LogP) is 3.35. The average Bonchev–Trinajstić information content (AvgIpc) is 2.89. The molecule has 2 aromatic carbocycles. The predicted molar refractivity (Wildman–Crippen MR) is 144 cm³/mol. The normalized spacial score (nSPS) is 17.2. The molecule has 8 heteroatoms. The van der Waals surface area contributed by atoms with Crippen LogP contribution in [0.2, 0.25) is 0 Å². The van der Waals surface area contributed by atoms with Crippen LogP contribution in [0.25, 0.3) is 0 Å². The number of hydrogen-bond acceptors (Lipinski definition) is 6. The van der Waals surface area contributed by atoms with Crippen molar-refractivity contribution in [3.63, 3.8) is 0 Å². The molecule has 2 heterocycles. The van der Waals surface area contributed by atoms with Crippen molar-refractivity contribution in [2.75, 3.05) is 36.4 Å². The van der Waals surface area contributed by atoms with Gasteiger partial charge in [0.2, 0.25) is 5.91 Å². The summed E-state index contributed by atoms with van der Waals surface area (Å²) < 4.78 is 0. The van der Waals surface area contributed by atoms with E-state index in [1.165, 1.54) is 5.69 Å². The van der Waals surface area contributed by atoms with Crippen molar-refractivity contribution in [3.05, 3.63) is 59.2 Å². The molecule has 0 spiro atoms. The van der Waals surface area contributed by atoms with Gasteiger partial charge in [0, 0.05) is 43.9 Å². The minimum atomic E-state index is -0.848. The molecule has 2 aliphatic rings. The number of nitrogens with one attached hydrogen (secondary N) is 3. The summed E-state index contributed by atoms with van der Waals surface area (Å²) in [6, 6.07) is 13.7. The lowest BCUT2D eigenvalue weighted by atomic mass is 9.96. The highest BCUT2D eigenvalue weighted by Gasteiger charge is 2.22. The van der Waals surface area contributed by atoms with E-state index < -0.39 is 12.0 Å². The van der Waals surface area contributed by atoms with E-state index in [1.54, 1.807) is 0 Å². The summed E-state index contributed by atoms with van der Waals surface area (Å²) in [4.78, 5) is 30.2. The maximum Gasteiger partial charge on any atom is 0.326 e. The zero-order valence-electron chi connectivity index (χ0n) is 21.2. The maximum absolute atomic E-state index is 12.0. The molecule has 1 saturated heterocycles. The number of guanidine groups is 1. The Balaban J connectivity index is 1.30. The Kier molecular flexibility index (Phi) is 8.46. The number of carbonyl (C=O) groups excluding carboxylic acids is 1. The summed E-state index contributed by atoms with van der Waals surface area (Å²) in [5.74, 6) is 0.321. The Morgan fingerprint density at radius 1 is 1.19 bits per heavy atom. The molecule has 0 aliphatic carbocycles. The van der Waals surface area contributed by atoms with Gasteiger partial charge in [0.05, 0.1) is 6.54 Å². The number of benzene rings is 2. The first kappa shape index (κ1) is 25.5. The fourth-order valence-electron chi connectivity index (χ4n) is 4.92. The third-order valence-corrected chi connectivity index (χ3v) is 7.14. The topological polar surface area (TPSA) is 106 Å². The summed E-state index contributed by atoms with van der Waals surface area (Å²) in [5.41, 5.74) is 5.29. The molecule has 0 bridgehead atoms. The molecule has 2 aliphatic heterocycles. The maximum atomic E-state index is 12.0. The van der Waals surface area contributed by atoms with E-state index in [-0.39, 0.29) is 5.91 Å². The SMILES string of the molecule is CCc1cccc(C)c1NC(Cc1ccc(N2CCC(CNC3=NCCC(=O)N3)CC2)cc1)C(=O)O. The van der Waals surface area contributed by atoms with E-state index >= 15 is 0 Å². The van der Waals surface area contributed by atoms with Crippen molar-refractivity contribution in [3.8, 4) is 0 Å². The quantitative estimate of drug-likeness (QED) is 0.429. The molecule has 1 unspecified atom stereocenters. The van der Waals surface area contributed by atoms with E-state index in [9.17, 15) is 14.7 Å². The summed E-state index contributed by atoms with van der Waals surface area (Å²) in [6.45, 7) is 7.40. The number of aliphatic carboxylic acids is 1. The van der Waals surface area contributed by atoms with E-state index in [1.807, 2.05) is 37.3 Å². The Bertz CT molecular complexity index is 1090. The van der Waals surface area contributed by atoms with Crippen molar-refractivity contribution in [2.45, 2.75) is 52.0 Å². The molecule has 4 N–H and O–H groups in total. The van der Waals surface area contributed by atoms with Crippen LogP contribution in [0.4, 0.5) is 11.4 Å². The molecule has 36 heavy (non-hydrogen) atoms. The standard InChI is InChI=1S/C28H37N5O3/c1-3-22-6-4-5-19(2)26(22)31-24(27(35)36)17-20-7-9-23(10-8-20)33-15-12-21(13-16-33)18-30-28-29-14-11-25(34)32-28/h4-10,21,24,31H,3,11-18H2,1-2H3,(H,35,36)(H2,29,30,32,34). The number of aliphatic imine (C=N–C) groups is 1. The lowest BCUT2D eigenvalue weighted by molar-refractivity contribution is -0.137. The number of aryl methyl sites for hydroxylation is 2. The zero-order valence-corrected chi connectivity index (χ0v) is 21.2. The highest BCUT2D eigenvalue weighted by atomic mass is 16.4. The van der Waals surface area contributed by atoms with Crippen molar-refractivity contribution < 1.29 is 14.7 Å². The second-order valence-electron chi connectivity index (χ2n) is 9.71. The third-order valence-electron chi connectivity index (χ3n) is 7.14. The van der Waals surface area contributed by atoms with Crippen LogP contribution in [-0.2, 0) is 22.4 Å². The molecular weight excluding hydrogens is 454 g/mol. The Morgan fingerprint density at radius 3 is 2.61 bits per heavy atom. The van der Waals surface area contributed by atoms with Gasteiger partial charge >= 0.3 is 5.97 Å². The van der Waals surface area contributed by atoms with Gasteiger partial charge in [0.25, 0.3) is 0 Å². The second kappa shape index (κ2) is 11.9. The lowest BCUT2D eigenvalue weighted by Crippen LogP contribution is -2.46. The smallest absolute Gasteiger partial charge is 0.326 e. The minimum absolute atomic E-state index is 0.0251. The van der Waals surface area contributed by atoms with Crippen molar-refractivity contribution in [1.82, 2.24) is 10.6 Å². The van der Waals surface area contributed by atoms with Crippen LogP contribution in [0, 0.1) is 12.8 Å². The minimum Gasteiger partial charge on any atom is -0.480 e. The van der Waals surface area contributed by atoms with Gasteiger partial charge in [-0.1, -0.05) is 37.3 Å². The van der Waals surface area contributed by atoms with Gasteiger partial charge in [-0.25, -0.2) is 4.79 Å². The fraction of sp³-hybridized carbons (Fsp3) is 0.464. The Labute approximate surface area is 213 Å². The number of anilines is 2. The molecule has 192 valence electrons. The largest absolute Gasteiger partial charge is 0.480 e. The number of amides is 1. The van der Waals surface area contributed by atoms with Crippen LogP contribution >= 0.6 is 0 Å². The monoisotopic (exact) mass is 491 g/mol. The van der Waals surface area contributed by atoms with Crippen molar-refractivity contribution in [2.24, 2.45) is 10.9 Å². The first-order valence-corrected chi connectivity index (χ1v) is 12.9. The van der Waals surface area contributed by atoms with Crippen LogP contribution in [0.15, 0.2) is 47.5 Å². The fourth-order valence-corrected chi connectivity index (χ4v) is 4.92. The number of carboxylic acid groups (broad SMARTS) is 1. The van der Waals surface area contributed by atoms with Crippen LogP contribution in [-0.4, -0.2) is 55.2 Å². The molecular formula is C28H37N5O3. The summed E-state index contributed by atoms with van der Waals surface area (Å²) in [5, 5.41) is 19.2. The molecule has 0 aromatic heterocycles. The number of carboxylic acids is 1. The van der Waals surface area contributed by atoms with Crippen LogP contribution in [0.1, 0.15) is 42.9 Å². The summed E-state index contributed by atoms with van der Waals surface area (Å²) >= 11 is 0. The highest BCUT2D eigenvalue weighted by Crippen LogP contribution is 2.25. The molecule has 4 rings (SSSR count). The van der Waals surface area contributed by atoms with Crippen LogP contribution in [0.5, 0.6) is 0 Å². The number of rotatable bonds is 9. The number of hydrogen-bond donors (Lipinski definition) is 4. The van der Waals surface area contributed by atoms with E-state index in [2.05, 4.69) is 44.9 Å². The molecule has 0 saturated carbocycles. The first-order valence-electron chi connectivity index (χ1n) is 12.9. The van der Waals surface area contributed by atoms with Crippen molar-refractivity contribution >= 4 is 29.2 Å². The Hall–Kier alpha value is -3.55. The van der Waals surface area contributed by atoms with Gasteiger partial charge < -0.3 is 20.6 Å². The van der Waals surface area contributed by atoms with E-state index in [0.29, 0.717) is 31.3 Å². The van der Waals surface area contributed by atoms with Gasteiger partial charge in [0.15, 0.2) is 5.96 Å². The van der Waals surface area contributed by atoms with Gasteiger partial charge in [-0.2, -0.15) is 0 Å². The number of piperidine rings is 1. The number of nitrogens with zero attached hydrogens (tertiary/aromatic N) is 2. The van der Waals surface area contributed by atoms with Crippen LogP contribution < -0.4 is 20.9 Å². The van der Waals surface area contributed by atoms with Gasteiger partial charge in [-0.15, -0.1) is 0 Å². The second-order valence-corrected chi connectivity index (χ2v) is 9.71. The van der Waals surface area contributed by atoms with Crippen LogP contribution in [0.3, 0.4) is 0 Å². The third kappa shape index (κ3) is 6.56. The van der Waals surface area contributed by atoms with Gasteiger partial charge in [-0.3, -0.25) is 15.1 Å². The lowest BCUT2D eigenvalue weighted by Gasteiger charge is -2.34. The molecule has 8 nitrogen and oxygen atoms in total.